The summed E-state index contributed by atoms with van der Waals surface area (Å²) in [5.41, 5.74) is 2.36. The minimum atomic E-state index is -0.451. The van der Waals surface area contributed by atoms with Crippen LogP contribution < -0.4 is 15.4 Å². The van der Waals surface area contributed by atoms with Crippen molar-refractivity contribution in [3.8, 4) is 5.75 Å². The maximum atomic E-state index is 12.7. The summed E-state index contributed by atoms with van der Waals surface area (Å²) in [7, 11) is 1.33. The van der Waals surface area contributed by atoms with E-state index in [9.17, 15) is 9.59 Å². The highest BCUT2D eigenvalue weighted by Crippen LogP contribution is 2.25. The summed E-state index contributed by atoms with van der Waals surface area (Å²) in [6.45, 7) is 2.37. The Morgan fingerprint density at radius 1 is 1.00 bits per heavy atom. The second-order valence-corrected chi connectivity index (χ2v) is 5.98. The van der Waals surface area contributed by atoms with Gasteiger partial charge in [0.25, 0.3) is 5.91 Å². The monoisotopic (exact) mass is 391 g/mol. The van der Waals surface area contributed by atoms with E-state index in [1.165, 1.54) is 13.3 Å². The van der Waals surface area contributed by atoms with E-state index in [-0.39, 0.29) is 11.6 Å². The molecule has 3 aromatic rings. The third-order valence-corrected chi connectivity index (χ3v) is 4.04. The summed E-state index contributed by atoms with van der Waals surface area (Å²) >= 11 is 0. The average molecular weight is 391 g/mol. The summed E-state index contributed by atoms with van der Waals surface area (Å²) in [4.78, 5) is 28.7. The van der Waals surface area contributed by atoms with Crippen LogP contribution in [-0.2, 0) is 4.74 Å². The summed E-state index contributed by atoms with van der Waals surface area (Å²) in [6.07, 6.45) is 1.52. The van der Waals surface area contributed by atoms with Crippen LogP contribution in [-0.4, -0.2) is 30.6 Å². The molecule has 0 unspecified atom stereocenters. The van der Waals surface area contributed by atoms with E-state index in [1.54, 1.807) is 48.5 Å². The van der Waals surface area contributed by atoms with Crippen molar-refractivity contribution in [2.75, 3.05) is 24.4 Å². The van der Waals surface area contributed by atoms with Gasteiger partial charge in [-0.3, -0.25) is 9.78 Å². The third-order valence-electron chi connectivity index (χ3n) is 4.04. The lowest BCUT2D eigenvalue weighted by Crippen LogP contribution is -2.15. The fourth-order valence-corrected chi connectivity index (χ4v) is 2.71. The molecule has 0 saturated heterocycles. The number of aromatic nitrogens is 1. The van der Waals surface area contributed by atoms with Crippen molar-refractivity contribution in [2.24, 2.45) is 0 Å². The van der Waals surface area contributed by atoms with Crippen molar-refractivity contribution in [1.82, 2.24) is 4.98 Å². The molecule has 3 rings (SSSR count). The molecule has 7 heteroatoms. The molecule has 2 aromatic carbocycles. The lowest BCUT2D eigenvalue weighted by molar-refractivity contribution is 0.0601. The van der Waals surface area contributed by atoms with E-state index < -0.39 is 5.97 Å². The molecule has 0 saturated carbocycles. The largest absolute Gasteiger partial charge is 0.492 e. The van der Waals surface area contributed by atoms with E-state index in [2.05, 4.69) is 15.6 Å². The molecule has 0 bridgehead atoms. The number of carbonyl (C=O) groups excluding carboxylic acids is 2. The van der Waals surface area contributed by atoms with Crippen molar-refractivity contribution < 1.29 is 19.1 Å². The van der Waals surface area contributed by atoms with Crippen molar-refractivity contribution in [3.63, 3.8) is 0 Å². The second kappa shape index (κ2) is 9.36. The molecule has 0 radical (unpaired) electrons. The van der Waals surface area contributed by atoms with Crippen LogP contribution in [0, 0.1) is 0 Å². The molecule has 29 heavy (non-hydrogen) atoms. The predicted molar refractivity (Wildman–Crippen MR) is 111 cm³/mol. The Morgan fingerprint density at radius 3 is 2.48 bits per heavy atom. The van der Waals surface area contributed by atoms with Gasteiger partial charge in [0.1, 0.15) is 11.4 Å². The van der Waals surface area contributed by atoms with Crippen molar-refractivity contribution in [1.29, 1.82) is 0 Å². The Balaban J connectivity index is 1.80. The van der Waals surface area contributed by atoms with Crippen LogP contribution in [0.5, 0.6) is 5.75 Å². The number of para-hydroxylation sites is 3. The maximum Gasteiger partial charge on any atom is 0.339 e. The summed E-state index contributed by atoms with van der Waals surface area (Å²) in [5, 5.41) is 5.95. The highest BCUT2D eigenvalue weighted by atomic mass is 16.5. The fourth-order valence-electron chi connectivity index (χ4n) is 2.71. The lowest BCUT2D eigenvalue weighted by atomic mass is 10.1. The number of nitrogens with zero attached hydrogens (tertiary/aromatic N) is 1. The predicted octanol–water partition coefficient (Wildman–Crippen LogP) is 4.26. The maximum absolute atomic E-state index is 12.7. The van der Waals surface area contributed by atoms with Crippen LogP contribution in [0.2, 0.25) is 0 Å². The van der Waals surface area contributed by atoms with Gasteiger partial charge in [-0.15, -0.1) is 0 Å². The number of pyridine rings is 1. The average Bonchev–Trinajstić information content (AvgIpc) is 2.75. The molecular formula is C22H21N3O4. The van der Waals surface area contributed by atoms with E-state index in [0.717, 1.165) is 0 Å². The SMILES string of the molecule is CCOc1ccccc1NC(=O)c1cc(Nc2ccccc2C(=O)OC)ccn1. The van der Waals surface area contributed by atoms with Crippen molar-refractivity contribution in [2.45, 2.75) is 6.92 Å². The van der Waals surface area contributed by atoms with Gasteiger partial charge in [-0.05, 0) is 43.3 Å². The van der Waals surface area contributed by atoms with Gasteiger partial charge in [0.15, 0.2) is 0 Å². The Bertz CT molecular complexity index is 1020. The number of anilines is 3. The number of rotatable bonds is 7. The van der Waals surface area contributed by atoms with Gasteiger partial charge in [-0.1, -0.05) is 24.3 Å². The Morgan fingerprint density at radius 2 is 1.72 bits per heavy atom. The number of benzene rings is 2. The zero-order chi connectivity index (χ0) is 20.6. The van der Waals surface area contributed by atoms with Gasteiger partial charge < -0.3 is 20.1 Å². The molecule has 1 amide bonds. The normalized spacial score (nSPS) is 10.1. The Hall–Kier alpha value is -3.87. The number of carbonyl (C=O) groups is 2. The van der Waals surface area contributed by atoms with Gasteiger partial charge in [-0.2, -0.15) is 0 Å². The summed E-state index contributed by atoms with van der Waals surface area (Å²) in [5.74, 6) is -0.237. The van der Waals surface area contributed by atoms with E-state index in [1.807, 2.05) is 19.1 Å². The van der Waals surface area contributed by atoms with Crippen LogP contribution in [0.3, 0.4) is 0 Å². The molecule has 148 valence electrons. The fraction of sp³-hybridized carbons (Fsp3) is 0.136. The number of hydrogen-bond acceptors (Lipinski definition) is 6. The molecule has 0 aliphatic rings. The second-order valence-electron chi connectivity index (χ2n) is 5.98. The van der Waals surface area contributed by atoms with Gasteiger partial charge in [-0.25, -0.2) is 4.79 Å². The molecule has 1 aromatic heterocycles. The van der Waals surface area contributed by atoms with Crippen molar-refractivity contribution >= 4 is 28.9 Å². The standard InChI is InChI=1S/C22H21N3O4/c1-3-29-20-11-7-6-10-18(20)25-21(26)19-14-15(12-13-23-19)24-17-9-5-4-8-16(17)22(27)28-2/h4-14H,3H2,1-2H3,(H,23,24)(H,25,26). The number of esters is 1. The smallest absolute Gasteiger partial charge is 0.339 e. The van der Waals surface area contributed by atoms with Crippen LogP contribution in [0.1, 0.15) is 27.8 Å². The first kappa shape index (κ1) is 19.9. The molecule has 0 spiro atoms. The first-order valence-electron chi connectivity index (χ1n) is 9.06. The highest BCUT2D eigenvalue weighted by Gasteiger charge is 2.14. The topological polar surface area (TPSA) is 89.6 Å². The molecule has 0 atom stereocenters. The third kappa shape index (κ3) is 4.90. The quantitative estimate of drug-likeness (QED) is 0.585. The van der Waals surface area contributed by atoms with Crippen LogP contribution >= 0.6 is 0 Å². The van der Waals surface area contributed by atoms with Gasteiger partial charge in [0.2, 0.25) is 0 Å². The lowest BCUT2D eigenvalue weighted by Gasteiger charge is -2.13. The van der Waals surface area contributed by atoms with Gasteiger partial charge in [0.05, 0.1) is 30.7 Å². The first-order valence-corrected chi connectivity index (χ1v) is 9.06. The van der Waals surface area contributed by atoms with Crippen LogP contribution in [0.4, 0.5) is 17.1 Å². The van der Waals surface area contributed by atoms with Gasteiger partial charge in [0, 0.05) is 11.9 Å². The zero-order valence-electron chi connectivity index (χ0n) is 16.1. The molecule has 0 aliphatic heterocycles. The van der Waals surface area contributed by atoms with E-state index in [4.69, 9.17) is 9.47 Å². The highest BCUT2D eigenvalue weighted by molar-refractivity contribution is 6.04. The first-order chi connectivity index (χ1) is 14.1. The molecular weight excluding hydrogens is 370 g/mol. The molecule has 1 heterocycles. The van der Waals surface area contributed by atoms with Crippen LogP contribution in [0.25, 0.3) is 0 Å². The summed E-state index contributed by atoms with van der Waals surface area (Å²) in [6, 6.07) is 17.5. The number of methoxy groups -OCH3 is 1. The molecule has 2 N–H and O–H groups in total. The van der Waals surface area contributed by atoms with Gasteiger partial charge >= 0.3 is 5.97 Å². The molecule has 0 aliphatic carbocycles. The number of hydrogen-bond donors (Lipinski definition) is 2. The number of amides is 1. The number of nitrogens with one attached hydrogen (secondary N) is 2. The summed E-state index contributed by atoms with van der Waals surface area (Å²) < 4.78 is 10.3. The van der Waals surface area contributed by atoms with Crippen molar-refractivity contribution in [3.05, 3.63) is 78.1 Å². The minimum absolute atomic E-state index is 0.219. The Kier molecular flexibility index (Phi) is 6.42. The molecule has 0 fully saturated rings. The minimum Gasteiger partial charge on any atom is -0.492 e. The number of ether oxygens (including phenoxy) is 2. The van der Waals surface area contributed by atoms with Crippen LogP contribution in [0.15, 0.2) is 66.9 Å². The Labute approximate surface area is 168 Å². The van der Waals surface area contributed by atoms with E-state index in [0.29, 0.717) is 35.0 Å². The molecule has 7 nitrogen and oxygen atoms in total. The van der Waals surface area contributed by atoms with E-state index >= 15 is 0 Å². The zero-order valence-corrected chi connectivity index (χ0v) is 16.1.